The molecule has 1 rings (SSSR count). The molecule has 3 nitrogen and oxygen atoms in total. The largest absolute Gasteiger partial charge is 0.465 e. The predicted octanol–water partition coefficient (Wildman–Crippen LogP) is 2.11. The maximum Gasteiger partial charge on any atom is 0.404 e. The molecule has 0 spiro atoms. The van der Waals surface area contributed by atoms with Crippen LogP contribution in [-0.4, -0.2) is 17.7 Å². The maximum absolute atomic E-state index is 12.5. The summed E-state index contributed by atoms with van der Waals surface area (Å²) in [6.07, 6.45) is 2.31. The Kier molecular flexibility index (Phi) is 3.67. The summed E-state index contributed by atoms with van der Waals surface area (Å²) in [5.74, 6) is -0.286. The van der Waals surface area contributed by atoms with Gasteiger partial charge in [-0.3, -0.25) is 0 Å². The van der Waals surface area contributed by atoms with E-state index in [2.05, 4.69) is 5.32 Å². The molecule has 0 aliphatic rings. The first-order valence-corrected chi connectivity index (χ1v) is 4.07. The number of carboxylic acid groups (broad SMARTS) is 1. The van der Waals surface area contributed by atoms with Crippen molar-refractivity contribution in [1.29, 1.82) is 0 Å². The highest BCUT2D eigenvalue weighted by Gasteiger charge is 1.90. The zero-order valence-corrected chi connectivity index (χ0v) is 7.40. The lowest BCUT2D eigenvalue weighted by Crippen LogP contribution is -2.20. The van der Waals surface area contributed by atoms with Crippen molar-refractivity contribution in [3.8, 4) is 0 Å². The Balaban J connectivity index is 2.44. The topological polar surface area (TPSA) is 49.3 Å². The number of carbonyl (C=O) groups is 1. The number of hydrogen-bond donors (Lipinski definition) is 2. The molecule has 2 N–H and O–H groups in total. The highest BCUT2D eigenvalue weighted by Crippen LogP contribution is 2.03. The van der Waals surface area contributed by atoms with Crippen LogP contribution in [0.3, 0.4) is 0 Å². The zero-order valence-electron chi connectivity index (χ0n) is 7.40. The van der Waals surface area contributed by atoms with Gasteiger partial charge in [-0.15, -0.1) is 0 Å². The number of halogens is 1. The summed E-state index contributed by atoms with van der Waals surface area (Å²) in [7, 11) is 0. The van der Waals surface area contributed by atoms with Gasteiger partial charge < -0.3 is 10.4 Å². The van der Waals surface area contributed by atoms with Crippen LogP contribution in [0.4, 0.5) is 9.18 Å². The molecule has 0 bridgehead atoms. The van der Waals surface area contributed by atoms with Gasteiger partial charge >= 0.3 is 6.09 Å². The maximum atomic E-state index is 12.5. The van der Waals surface area contributed by atoms with Gasteiger partial charge in [-0.1, -0.05) is 24.3 Å². The highest BCUT2D eigenvalue weighted by atomic mass is 19.1. The van der Waals surface area contributed by atoms with Crippen molar-refractivity contribution in [2.75, 3.05) is 6.54 Å². The number of hydrogen-bond acceptors (Lipinski definition) is 1. The Morgan fingerprint density at radius 1 is 1.43 bits per heavy atom. The molecule has 14 heavy (non-hydrogen) atoms. The third-order valence-electron chi connectivity index (χ3n) is 1.55. The SMILES string of the molecule is O=C(O)NCC=Cc1ccc(F)cc1. The Morgan fingerprint density at radius 3 is 2.64 bits per heavy atom. The predicted molar refractivity (Wildman–Crippen MR) is 51.5 cm³/mol. The second-order valence-corrected chi connectivity index (χ2v) is 2.64. The lowest BCUT2D eigenvalue weighted by atomic mass is 10.2. The second-order valence-electron chi connectivity index (χ2n) is 2.64. The smallest absolute Gasteiger partial charge is 0.404 e. The summed E-state index contributed by atoms with van der Waals surface area (Å²) in [5.41, 5.74) is 0.832. The lowest BCUT2D eigenvalue weighted by Gasteiger charge is -1.94. The minimum atomic E-state index is -1.06. The number of amides is 1. The Labute approximate surface area is 80.9 Å². The Hall–Kier alpha value is -1.84. The van der Waals surface area contributed by atoms with Crippen LogP contribution in [0.25, 0.3) is 6.08 Å². The van der Waals surface area contributed by atoms with Crippen molar-refractivity contribution in [2.45, 2.75) is 0 Å². The van der Waals surface area contributed by atoms with Crippen molar-refractivity contribution in [1.82, 2.24) is 5.32 Å². The molecule has 0 unspecified atom stereocenters. The monoisotopic (exact) mass is 195 g/mol. The average Bonchev–Trinajstić information content (AvgIpc) is 2.15. The quantitative estimate of drug-likeness (QED) is 0.776. The molecule has 0 fully saturated rings. The number of nitrogens with one attached hydrogen (secondary N) is 1. The first-order chi connectivity index (χ1) is 6.68. The molecule has 0 aromatic heterocycles. The minimum Gasteiger partial charge on any atom is -0.465 e. The summed E-state index contributed by atoms with van der Waals surface area (Å²) in [4.78, 5) is 10.1. The van der Waals surface area contributed by atoms with Crippen LogP contribution in [0.15, 0.2) is 30.3 Å². The fourth-order valence-corrected chi connectivity index (χ4v) is 0.915. The van der Waals surface area contributed by atoms with Gasteiger partial charge in [-0.25, -0.2) is 9.18 Å². The third kappa shape index (κ3) is 3.71. The normalized spacial score (nSPS) is 10.4. The van der Waals surface area contributed by atoms with E-state index >= 15 is 0 Å². The van der Waals surface area contributed by atoms with E-state index in [1.807, 2.05) is 0 Å². The lowest BCUT2D eigenvalue weighted by molar-refractivity contribution is 0.195. The summed E-state index contributed by atoms with van der Waals surface area (Å²) < 4.78 is 12.5. The minimum absolute atomic E-state index is 0.243. The van der Waals surface area contributed by atoms with E-state index in [-0.39, 0.29) is 12.4 Å². The Morgan fingerprint density at radius 2 is 2.07 bits per heavy atom. The van der Waals surface area contributed by atoms with Crippen LogP contribution in [0, 0.1) is 5.82 Å². The van der Waals surface area contributed by atoms with Crippen molar-refractivity contribution in [3.63, 3.8) is 0 Å². The van der Waals surface area contributed by atoms with Gasteiger partial charge in [0, 0.05) is 6.54 Å². The van der Waals surface area contributed by atoms with Crippen LogP contribution in [-0.2, 0) is 0 Å². The second kappa shape index (κ2) is 5.01. The van der Waals surface area contributed by atoms with E-state index < -0.39 is 6.09 Å². The summed E-state index contributed by atoms with van der Waals surface area (Å²) in [6.45, 7) is 0.243. The molecular weight excluding hydrogens is 185 g/mol. The van der Waals surface area contributed by atoms with Crippen LogP contribution < -0.4 is 5.32 Å². The van der Waals surface area contributed by atoms with Gasteiger partial charge in [0.1, 0.15) is 5.82 Å². The van der Waals surface area contributed by atoms with Gasteiger partial charge in [0.25, 0.3) is 0 Å². The van der Waals surface area contributed by atoms with Crippen molar-refractivity contribution in [3.05, 3.63) is 41.7 Å². The van der Waals surface area contributed by atoms with Crippen LogP contribution in [0.2, 0.25) is 0 Å². The molecule has 4 heteroatoms. The molecule has 74 valence electrons. The molecule has 0 atom stereocenters. The van der Waals surface area contributed by atoms with Crippen LogP contribution >= 0.6 is 0 Å². The van der Waals surface area contributed by atoms with E-state index in [9.17, 15) is 9.18 Å². The molecule has 0 saturated heterocycles. The van der Waals surface area contributed by atoms with E-state index in [1.165, 1.54) is 12.1 Å². The molecule has 0 heterocycles. The van der Waals surface area contributed by atoms with Gasteiger partial charge in [-0.05, 0) is 17.7 Å². The number of rotatable bonds is 3. The first-order valence-electron chi connectivity index (χ1n) is 4.07. The summed E-state index contributed by atoms with van der Waals surface area (Å²) >= 11 is 0. The van der Waals surface area contributed by atoms with E-state index in [0.29, 0.717) is 0 Å². The van der Waals surface area contributed by atoms with Gasteiger partial charge in [0.05, 0.1) is 0 Å². The first kappa shape index (κ1) is 10.2. The molecule has 1 amide bonds. The average molecular weight is 195 g/mol. The highest BCUT2D eigenvalue weighted by molar-refractivity contribution is 5.64. The fourth-order valence-electron chi connectivity index (χ4n) is 0.915. The van der Waals surface area contributed by atoms with Gasteiger partial charge in [0.15, 0.2) is 0 Å². The summed E-state index contributed by atoms with van der Waals surface area (Å²) in [6, 6.07) is 5.94. The Bertz CT molecular complexity index is 332. The molecule has 0 aliphatic heterocycles. The number of benzene rings is 1. The van der Waals surface area contributed by atoms with E-state index in [1.54, 1.807) is 24.3 Å². The molecular formula is C10H10FNO2. The van der Waals surface area contributed by atoms with Crippen LogP contribution in [0.1, 0.15) is 5.56 Å². The molecule has 0 aliphatic carbocycles. The molecule has 1 aromatic rings. The molecule has 0 saturated carbocycles. The van der Waals surface area contributed by atoms with Crippen LogP contribution in [0.5, 0.6) is 0 Å². The van der Waals surface area contributed by atoms with Gasteiger partial charge in [-0.2, -0.15) is 0 Å². The molecule has 0 radical (unpaired) electrons. The third-order valence-corrected chi connectivity index (χ3v) is 1.55. The summed E-state index contributed by atoms with van der Waals surface area (Å²) in [5, 5.41) is 10.4. The standard InChI is InChI=1S/C10H10FNO2/c11-9-5-3-8(4-6-9)2-1-7-12-10(13)14/h1-6,12H,7H2,(H,13,14). The molecule has 1 aromatic carbocycles. The van der Waals surface area contributed by atoms with Gasteiger partial charge in [0.2, 0.25) is 0 Å². The van der Waals surface area contributed by atoms with E-state index in [4.69, 9.17) is 5.11 Å². The van der Waals surface area contributed by atoms with E-state index in [0.717, 1.165) is 5.56 Å². The fraction of sp³-hybridized carbons (Fsp3) is 0.100. The zero-order chi connectivity index (χ0) is 10.4. The van der Waals surface area contributed by atoms with Crippen molar-refractivity contribution in [2.24, 2.45) is 0 Å². The van der Waals surface area contributed by atoms with Crippen molar-refractivity contribution < 1.29 is 14.3 Å². The van der Waals surface area contributed by atoms with Crippen molar-refractivity contribution >= 4 is 12.2 Å².